The van der Waals surface area contributed by atoms with Crippen molar-refractivity contribution in [3.63, 3.8) is 0 Å². The molecule has 1 aliphatic rings. The SMILES string of the molecule is CCCN(CC)C1(Cn2[nH]cnc2=S)OCC(OCOC)O1. The van der Waals surface area contributed by atoms with E-state index in [9.17, 15) is 0 Å². The highest BCUT2D eigenvalue weighted by atomic mass is 32.1. The first-order valence-corrected chi connectivity index (χ1v) is 7.83. The average Bonchev–Trinajstić information content (AvgIpc) is 3.11. The van der Waals surface area contributed by atoms with Gasteiger partial charge in [-0.3, -0.25) is 14.7 Å². The zero-order valence-electron chi connectivity index (χ0n) is 13.3. The molecule has 0 spiro atoms. The summed E-state index contributed by atoms with van der Waals surface area (Å²) < 4.78 is 24.6. The van der Waals surface area contributed by atoms with Crippen LogP contribution in [-0.4, -0.2) is 65.5 Å². The fourth-order valence-corrected chi connectivity index (χ4v) is 2.65. The molecule has 1 aromatic rings. The molecule has 0 saturated carbocycles. The van der Waals surface area contributed by atoms with Crippen molar-refractivity contribution >= 4 is 12.2 Å². The average molecular weight is 332 g/mol. The zero-order valence-corrected chi connectivity index (χ0v) is 14.1. The minimum atomic E-state index is -0.923. The quantitative estimate of drug-likeness (QED) is 0.540. The maximum atomic E-state index is 6.07. The van der Waals surface area contributed by atoms with Crippen molar-refractivity contribution in [2.24, 2.45) is 0 Å². The Hall–Kier alpha value is -0.840. The molecule has 0 aliphatic carbocycles. The Kier molecular flexibility index (Phi) is 6.48. The van der Waals surface area contributed by atoms with Gasteiger partial charge in [0, 0.05) is 20.2 Å². The van der Waals surface area contributed by atoms with E-state index < -0.39 is 12.2 Å². The van der Waals surface area contributed by atoms with Gasteiger partial charge >= 0.3 is 0 Å². The normalized spacial score (nSPS) is 25.2. The molecule has 1 fully saturated rings. The van der Waals surface area contributed by atoms with Crippen molar-refractivity contribution in [3.05, 3.63) is 11.1 Å². The van der Waals surface area contributed by atoms with Crippen molar-refractivity contribution < 1.29 is 18.9 Å². The maximum absolute atomic E-state index is 6.07. The summed E-state index contributed by atoms with van der Waals surface area (Å²) in [5, 5.41) is 2.99. The van der Waals surface area contributed by atoms with Crippen LogP contribution < -0.4 is 0 Å². The lowest BCUT2D eigenvalue weighted by atomic mass is 10.3. The summed E-state index contributed by atoms with van der Waals surface area (Å²) in [6, 6.07) is 0. The van der Waals surface area contributed by atoms with Crippen LogP contribution >= 0.6 is 12.2 Å². The second kappa shape index (κ2) is 8.14. The molecular weight excluding hydrogens is 308 g/mol. The predicted molar refractivity (Wildman–Crippen MR) is 81.5 cm³/mol. The molecule has 0 aromatic carbocycles. The number of H-pyrrole nitrogens is 1. The van der Waals surface area contributed by atoms with Gasteiger partial charge in [-0.05, 0) is 18.6 Å². The monoisotopic (exact) mass is 332 g/mol. The number of aromatic amines is 1. The van der Waals surface area contributed by atoms with E-state index in [2.05, 4.69) is 28.8 Å². The predicted octanol–water partition coefficient (Wildman–Crippen LogP) is 1.32. The molecule has 1 N–H and O–H groups in total. The molecule has 1 aliphatic heterocycles. The smallest absolute Gasteiger partial charge is 0.253 e. The third kappa shape index (κ3) is 3.92. The molecule has 1 aromatic heterocycles. The molecule has 2 rings (SSSR count). The van der Waals surface area contributed by atoms with Crippen LogP contribution in [0.4, 0.5) is 0 Å². The van der Waals surface area contributed by atoms with Crippen molar-refractivity contribution in [1.82, 2.24) is 19.7 Å². The molecule has 126 valence electrons. The molecule has 2 heterocycles. The van der Waals surface area contributed by atoms with Gasteiger partial charge < -0.3 is 18.9 Å². The Balaban J connectivity index is 2.17. The van der Waals surface area contributed by atoms with E-state index in [1.54, 1.807) is 18.1 Å². The van der Waals surface area contributed by atoms with E-state index in [0.29, 0.717) is 17.9 Å². The zero-order chi connectivity index (χ0) is 16.0. The minimum Gasteiger partial charge on any atom is -0.359 e. The second-order valence-electron chi connectivity index (χ2n) is 4.98. The fraction of sp³-hybridized carbons (Fsp3) is 0.846. The van der Waals surface area contributed by atoms with Crippen LogP contribution in [0.3, 0.4) is 0 Å². The highest BCUT2D eigenvalue weighted by Gasteiger charge is 2.47. The standard InChI is InChI=1S/C13H24N4O4S/c1-4-6-16(5-2)13(8-17-12(22)14-9-15-17)20-7-11(21-13)19-10-18-3/h9,11H,4-8,10H2,1-3H3,(H,14,15,22). The lowest BCUT2D eigenvalue weighted by molar-refractivity contribution is -0.301. The molecule has 0 amide bonds. The molecule has 1 saturated heterocycles. The first-order valence-electron chi connectivity index (χ1n) is 7.42. The molecular formula is C13H24N4O4S. The Labute approximate surface area is 135 Å². The summed E-state index contributed by atoms with van der Waals surface area (Å²) in [6.45, 7) is 6.71. The van der Waals surface area contributed by atoms with Crippen LogP contribution in [0.2, 0.25) is 0 Å². The number of aromatic nitrogens is 3. The van der Waals surface area contributed by atoms with E-state index in [4.69, 9.17) is 31.2 Å². The topological polar surface area (TPSA) is 73.8 Å². The van der Waals surface area contributed by atoms with Crippen molar-refractivity contribution in [2.45, 2.75) is 39.0 Å². The summed E-state index contributed by atoms with van der Waals surface area (Å²) in [5.74, 6) is -0.923. The Morgan fingerprint density at radius 3 is 3.00 bits per heavy atom. The second-order valence-corrected chi connectivity index (χ2v) is 5.35. The number of methoxy groups -OCH3 is 1. The van der Waals surface area contributed by atoms with E-state index in [1.807, 2.05) is 0 Å². The van der Waals surface area contributed by atoms with Gasteiger partial charge in [0.15, 0.2) is 6.29 Å². The number of ether oxygens (including phenoxy) is 4. The van der Waals surface area contributed by atoms with Crippen LogP contribution in [0.25, 0.3) is 0 Å². The highest BCUT2D eigenvalue weighted by molar-refractivity contribution is 7.71. The molecule has 9 heteroatoms. The largest absolute Gasteiger partial charge is 0.359 e. The Bertz CT molecular complexity index is 508. The van der Waals surface area contributed by atoms with Gasteiger partial charge in [0.25, 0.3) is 5.91 Å². The Morgan fingerprint density at radius 2 is 2.41 bits per heavy atom. The summed E-state index contributed by atoms with van der Waals surface area (Å²) in [4.78, 5) is 6.16. The lowest BCUT2D eigenvalue weighted by Crippen LogP contribution is -2.53. The van der Waals surface area contributed by atoms with E-state index in [1.165, 1.54) is 0 Å². The van der Waals surface area contributed by atoms with Crippen molar-refractivity contribution in [2.75, 3.05) is 33.6 Å². The van der Waals surface area contributed by atoms with Crippen LogP contribution in [0, 0.1) is 4.77 Å². The summed E-state index contributed by atoms with van der Waals surface area (Å²) in [6.07, 6.45) is 2.07. The van der Waals surface area contributed by atoms with Gasteiger partial charge in [0.05, 0.1) is 0 Å². The van der Waals surface area contributed by atoms with E-state index in [-0.39, 0.29) is 6.79 Å². The summed E-state index contributed by atoms with van der Waals surface area (Å²) in [5.41, 5.74) is 0. The fourth-order valence-electron chi connectivity index (χ4n) is 2.48. The highest BCUT2D eigenvalue weighted by Crippen LogP contribution is 2.30. The van der Waals surface area contributed by atoms with E-state index >= 15 is 0 Å². The lowest BCUT2D eigenvalue weighted by Gasteiger charge is -2.38. The number of hydrogen-bond donors (Lipinski definition) is 1. The van der Waals surface area contributed by atoms with Gasteiger partial charge in [-0.15, -0.1) is 0 Å². The first kappa shape index (κ1) is 17.5. The number of nitrogens with one attached hydrogen (secondary N) is 1. The molecule has 8 nitrogen and oxygen atoms in total. The van der Waals surface area contributed by atoms with Gasteiger partial charge in [-0.25, -0.2) is 4.98 Å². The van der Waals surface area contributed by atoms with Gasteiger partial charge in [-0.2, -0.15) is 0 Å². The third-order valence-corrected chi connectivity index (χ3v) is 3.79. The van der Waals surface area contributed by atoms with E-state index in [0.717, 1.165) is 19.5 Å². The van der Waals surface area contributed by atoms with Crippen LogP contribution in [0.15, 0.2) is 6.33 Å². The van der Waals surface area contributed by atoms with Crippen molar-refractivity contribution in [3.8, 4) is 0 Å². The van der Waals surface area contributed by atoms with Crippen LogP contribution in [0.5, 0.6) is 0 Å². The summed E-state index contributed by atoms with van der Waals surface area (Å²) >= 11 is 5.20. The molecule has 22 heavy (non-hydrogen) atoms. The van der Waals surface area contributed by atoms with Gasteiger partial charge in [-0.1, -0.05) is 13.8 Å². The molecule has 2 unspecified atom stereocenters. The Morgan fingerprint density at radius 1 is 1.59 bits per heavy atom. The van der Waals surface area contributed by atoms with Crippen LogP contribution in [0.1, 0.15) is 20.3 Å². The number of likely N-dealkylation sites (N-methyl/N-ethyl adjacent to an activating group) is 1. The van der Waals surface area contributed by atoms with Crippen molar-refractivity contribution in [1.29, 1.82) is 0 Å². The molecule has 0 radical (unpaired) electrons. The minimum absolute atomic E-state index is 0.160. The first-order chi connectivity index (χ1) is 10.6. The third-order valence-electron chi connectivity index (χ3n) is 3.47. The maximum Gasteiger partial charge on any atom is 0.253 e. The molecule has 0 bridgehead atoms. The summed E-state index contributed by atoms with van der Waals surface area (Å²) in [7, 11) is 1.57. The number of rotatable bonds is 9. The number of hydrogen-bond acceptors (Lipinski definition) is 7. The molecule has 2 atom stereocenters. The van der Waals surface area contributed by atoms with Gasteiger partial charge in [0.1, 0.15) is 26.3 Å². The number of nitrogens with zero attached hydrogens (tertiary/aromatic N) is 3. The van der Waals surface area contributed by atoms with Crippen LogP contribution in [-0.2, 0) is 25.5 Å². The van der Waals surface area contributed by atoms with Gasteiger partial charge in [0.2, 0.25) is 4.77 Å².